The number of rotatable bonds is 15. The summed E-state index contributed by atoms with van der Waals surface area (Å²) in [5, 5.41) is 18.7. The van der Waals surface area contributed by atoms with Crippen LogP contribution in [0.1, 0.15) is 49.1 Å². The number of aromatic nitrogens is 4. The molecule has 0 saturated heterocycles. The van der Waals surface area contributed by atoms with Gasteiger partial charge in [0, 0.05) is 47.9 Å². The molecule has 56 heavy (non-hydrogen) atoms. The molecule has 3 aliphatic carbocycles. The topological polar surface area (TPSA) is 132 Å². The first-order valence-corrected chi connectivity index (χ1v) is 17.3. The maximum Gasteiger partial charge on any atom is 0.422 e. The largest absolute Gasteiger partial charge is 0.484 e. The molecule has 0 aliphatic heterocycles. The van der Waals surface area contributed by atoms with Crippen LogP contribution in [0.25, 0.3) is 0 Å². The minimum Gasteiger partial charge on any atom is -0.484 e. The van der Waals surface area contributed by atoms with Crippen molar-refractivity contribution in [2.75, 3.05) is 32.1 Å². The lowest BCUT2D eigenvalue weighted by Crippen LogP contribution is -2.76. The number of esters is 1. The number of halogens is 7. The number of carbonyl (C=O) groups excluding carboxylic acids is 2. The first-order chi connectivity index (χ1) is 26.3. The number of anilines is 1. The van der Waals surface area contributed by atoms with E-state index < -0.39 is 77.2 Å². The highest BCUT2D eigenvalue weighted by atomic mass is 19.4. The maximum atomic E-state index is 16.9. The number of pyridine rings is 1. The molecule has 1 unspecified atom stereocenters. The van der Waals surface area contributed by atoms with Crippen LogP contribution in [0.2, 0.25) is 0 Å². The first-order valence-electron chi connectivity index (χ1n) is 17.3. The molecule has 2 aromatic carbocycles. The summed E-state index contributed by atoms with van der Waals surface area (Å²) < 4.78 is 118. The van der Waals surface area contributed by atoms with Crippen molar-refractivity contribution in [1.29, 1.82) is 0 Å². The molecular weight excluding hydrogens is 757 g/mol. The molecule has 2 heterocycles. The second-order valence-corrected chi connectivity index (χ2v) is 14.2. The Morgan fingerprint density at radius 3 is 2.41 bits per heavy atom. The number of likely N-dealkylation sites (N-methyl/N-ethyl adjacent to an activating group) is 1. The highest BCUT2D eigenvalue weighted by Gasteiger charge is 2.82. The monoisotopic (exact) mass is 795 g/mol. The summed E-state index contributed by atoms with van der Waals surface area (Å²) in [5.74, 6) is -6.91. The molecule has 12 nitrogen and oxygen atoms in total. The van der Waals surface area contributed by atoms with Crippen molar-refractivity contribution in [3.63, 3.8) is 0 Å². The van der Waals surface area contributed by atoms with Gasteiger partial charge in [-0.15, -0.1) is 4.68 Å². The van der Waals surface area contributed by atoms with E-state index >= 15 is 13.2 Å². The Bertz CT molecular complexity index is 2060. The van der Waals surface area contributed by atoms with Crippen LogP contribution >= 0.6 is 0 Å². The second-order valence-electron chi connectivity index (χ2n) is 14.2. The number of nitrogens with one attached hydrogen (secondary N) is 1. The average Bonchev–Trinajstić information content (AvgIpc) is 3.57. The van der Waals surface area contributed by atoms with Gasteiger partial charge in [0.15, 0.2) is 12.2 Å². The van der Waals surface area contributed by atoms with Crippen molar-refractivity contribution in [2.45, 2.75) is 68.7 Å². The molecule has 7 rings (SSSR count). The Balaban J connectivity index is 1.17. The summed E-state index contributed by atoms with van der Waals surface area (Å²) in [5.41, 5.74) is -5.68. The first kappa shape index (κ1) is 40.4. The molecule has 2 atom stereocenters. The number of aliphatic hydroxyl groups is 1. The van der Waals surface area contributed by atoms with Crippen LogP contribution in [-0.4, -0.2) is 71.3 Å². The maximum absolute atomic E-state index is 16.9. The van der Waals surface area contributed by atoms with Gasteiger partial charge in [-0.05, 0) is 67.6 Å². The molecule has 19 heteroatoms. The lowest BCUT2D eigenvalue weighted by atomic mass is 9.30. The fraction of sp³-hybridized carbons (Fsp3) is 0.432. The lowest BCUT2D eigenvalue weighted by Gasteiger charge is -2.74. The Labute approximate surface area is 315 Å². The highest BCUT2D eigenvalue weighted by molar-refractivity contribution is 5.86. The van der Waals surface area contributed by atoms with Gasteiger partial charge in [0.2, 0.25) is 12.6 Å². The Morgan fingerprint density at radius 2 is 1.77 bits per heavy atom. The van der Waals surface area contributed by atoms with Gasteiger partial charge in [0.05, 0.1) is 6.54 Å². The van der Waals surface area contributed by atoms with Crippen LogP contribution in [0.4, 0.5) is 41.3 Å². The van der Waals surface area contributed by atoms with Gasteiger partial charge in [-0.3, -0.25) is 9.69 Å². The molecule has 1 amide bonds. The smallest absolute Gasteiger partial charge is 0.422 e. The minimum absolute atomic E-state index is 0.0296. The Morgan fingerprint density at radius 1 is 1.07 bits per heavy atom. The number of amides is 1. The van der Waals surface area contributed by atoms with E-state index in [1.54, 1.807) is 19.2 Å². The summed E-state index contributed by atoms with van der Waals surface area (Å²) in [7, 11) is 2.95. The van der Waals surface area contributed by atoms with Crippen LogP contribution in [0.5, 0.6) is 5.75 Å². The quantitative estimate of drug-likeness (QED) is 0.0913. The van der Waals surface area contributed by atoms with E-state index in [0.717, 1.165) is 28.0 Å². The van der Waals surface area contributed by atoms with E-state index in [1.165, 1.54) is 55.3 Å². The van der Waals surface area contributed by atoms with Crippen molar-refractivity contribution < 1.29 is 64.2 Å². The van der Waals surface area contributed by atoms with Crippen molar-refractivity contribution in [1.82, 2.24) is 20.1 Å². The van der Waals surface area contributed by atoms with Gasteiger partial charge in [-0.2, -0.15) is 17.7 Å². The van der Waals surface area contributed by atoms with Crippen LogP contribution in [0.15, 0.2) is 73.4 Å². The van der Waals surface area contributed by atoms with Crippen molar-refractivity contribution >= 4 is 17.9 Å². The molecule has 0 spiro atoms. The van der Waals surface area contributed by atoms with Gasteiger partial charge < -0.3 is 24.6 Å². The number of hydrogen-bond donors (Lipinski definition) is 2. The number of hydrogen-bond acceptors (Lipinski definition) is 9. The summed E-state index contributed by atoms with van der Waals surface area (Å²) in [6, 6.07) is 10.7. The van der Waals surface area contributed by atoms with E-state index in [2.05, 4.69) is 15.4 Å². The Kier molecular flexibility index (Phi) is 10.8. The molecule has 3 saturated carbocycles. The molecule has 0 radical (unpaired) electrons. The standard InChI is InChI=1S/C37H38F7N6O6/c1-23(56-32(52)48(3)31-24(5-4-12-46-31)15-54-30(51)14-45-2)49-21-47-50(22-49)19-35(53,28-11-8-26(38)13-29(28)39)37(43,44)34-16-33(17-34,18-34)25-6-9-27(10-7-25)55-20-36(40,41)42/h4-13,21-23,45,53H,14-20H2,1-3H3/q+1/t23?,33?,34?,35-/m0/s1. The van der Waals surface area contributed by atoms with Crippen molar-refractivity contribution in [3.8, 4) is 5.75 Å². The molecule has 2 bridgehead atoms. The van der Waals surface area contributed by atoms with Gasteiger partial charge in [0.1, 0.15) is 36.4 Å². The molecule has 300 valence electrons. The molecule has 2 N–H and O–H groups in total. The van der Waals surface area contributed by atoms with E-state index in [4.69, 9.17) is 14.2 Å². The fourth-order valence-corrected chi connectivity index (χ4v) is 7.53. The van der Waals surface area contributed by atoms with Gasteiger partial charge in [0.25, 0.3) is 12.2 Å². The van der Waals surface area contributed by atoms with E-state index in [-0.39, 0.29) is 44.0 Å². The number of alkyl halides is 5. The SMILES string of the molecule is CNCC(=O)OCc1cccnc1N(C)C(=O)OC(C)[n+]1cnn(C[C@](O)(c2ccc(F)cc2F)C(F)(F)C23CC(c4ccc(OCC(F)(F)F)cc4)(C2)C3)c1. The predicted molar refractivity (Wildman–Crippen MR) is 181 cm³/mol. The highest BCUT2D eigenvalue weighted by Crippen LogP contribution is 2.80. The van der Waals surface area contributed by atoms with Crippen molar-refractivity contribution in [2.24, 2.45) is 5.41 Å². The third kappa shape index (κ3) is 7.61. The number of ether oxygens (including phenoxy) is 3. The fourth-order valence-electron chi connectivity index (χ4n) is 7.53. The van der Waals surface area contributed by atoms with Gasteiger partial charge in [-0.1, -0.05) is 18.2 Å². The normalized spacial score (nSPS) is 20.6. The molecule has 4 aromatic rings. The van der Waals surface area contributed by atoms with E-state index in [0.29, 0.717) is 17.2 Å². The predicted octanol–water partition coefficient (Wildman–Crippen LogP) is 5.48. The Hall–Kier alpha value is -5.30. The van der Waals surface area contributed by atoms with Crippen LogP contribution in [0.3, 0.4) is 0 Å². The number of carbonyl (C=O) groups is 2. The zero-order valence-corrected chi connectivity index (χ0v) is 30.3. The molecule has 3 fully saturated rings. The zero-order chi connectivity index (χ0) is 40.7. The third-order valence-electron chi connectivity index (χ3n) is 10.3. The van der Waals surface area contributed by atoms with Gasteiger partial charge >= 0.3 is 18.2 Å². The van der Waals surface area contributed by atoms with Gasteiger partial charge in [-0.25, -0.2) is 27.3 Å². The molecule has 2 aromatic heterocycles. The number of nitrogens with zero attached hydrogens (tertiary/aromatic N) is 5. The minimum atomic E-state index is -4.54. The van der Waals surface area contributed by atoms with E-state index in [9.17, 15) is 32.3 Å². The van der Waals surface area contributed by atoms with Crippen molar-refractivity contribution in [3.05, 3.63) is 102 Å². The van der Waals surface area contributed by atoms with Crippen LogP contribution in [0, 0.1) is 17.0 Å². The lowest BCUT2D eigenvalue weighted by molar-refractivity contribution is -0.753. The summed E-state index contributed by atoms with van der Waals surface area (Å²) >= 11 is 0. The van der Waals surface area contributed by atoms with E-state index in [1.807, 2.05) is 0 Å². The summed E-state index contributed by atoms with van der Waals surface area (Å²) in [6.07, 6.45) is -3.18. The van der Waals surface area contributed by atoms with Crippen LogP contribution < -0.4 is 19.5 Å². The summed E-state index contributed by atoms with van der Waals surface area (Å²) in [6.45, 7) is -1.25. The average molecular weight is 796 g/mol. The number of benzene rings is 2. The summed E-state index contributed by atoms with van der Waals surface area (Å²) in [4.78, 5) is 30.2. The molecular formula is C37H38F7N6O6+. The zero-order valence-electron chi connectivity index (χ0n) is 30.3. The molecule has 3 aliphatic rings. The second kappa shape index (κ2) is 15.0. The van der Waals surface area contributed by atoms with Crippen LogP contribution in [-0.2, 0) is 38.4 Å². The third-order valence-corrected chi connectivity index (χ3v) is 10.3.